The molecule has 5 heteroatoms. The quantitative estimate of drug-likeness (QED) is 0.782. The fourth-order valence-corrected chi connectivity index (χ4v) is 1.83. The number of carbonyl (C=O) groups is 1. The highest BCUT2D eigenvalue weighted by atomic mass is 35.5. The van der Waals surface area contributed by atoms with Crippen molar-refractivity contribution >= 4 is 23.3 Å². The number of halogens is 1. The SMILES string of the molecule is CCCNc1cc(C(=O)NCC(C)C(C)(C)C)cc(Cl)n1. The summed E-state index contributed by atoms with van der Waals surface area (Å²) in [5, 5.41) is 6.43. The van der Waals surface area contributed by atoms with E-state index in [-0.39, 0.29) is 11.3 Å². The molecule has 0 radical (unpaired) electrons. The van der Waals surface area contributed by atoms with Gasteiger partial charge in [-0.2, -0.15) is 0 Å². The van der Waals surface area contributed by atoms with Crippen molar-refractivity contribution in [3.8, 4) is 0 Å². The third-order valence-corrected chi connectivity index (χ3v) is 3.85. The van der Waals surface area contributed by atoms with Crippen molar-refractivity contribution in [3.05, 3.63) is 22.8 Å². The van der Waals surface area contributed by atoms with Gasteiger partial charge in [0.2, 0.25) is 0 Å². The summed E-state index contributed by atoms with van der Waals surface area (Å²) < 4.78 is 0. The lowest BCUT2D eigenvalue weighted by molar-refractivity contribution is 0.0937. The van der Waals surface area contributed by atoms with Gasteiger partial charge in [-0.1, -0.05) is 46.2 Å². The van der Waals surface area contributed by atoms with Gasteiger partial charge in [0, 0.05) is 18.7 Å². The van der Waals surface area contributed by atoms with Crippen LogP contribution in [0, 0.1) is 11.3 Å². The van der Waals surface area contributed by atoms with Crippen molar-refractivity contribution in [2.24, 2.45) is 11.3 Å². The maximum Gasteiger partial charge on any atom is 0.251 e. The number of nitrogens with zero attached hydrogens (tertiary/aromatic N) is 1. The minimum absolute atomic E-state index is 0.116. The fraction of sp³-hybridized carbons (Fsp3) is 0.625. The summed E-state index contributed by atoms with van der Waals surface area (Å²) >= 11 is 5.98. The lowest BCUT2D eigenvalue weighted by Crippen LogP contribution is -2.33. The molecule has 1 unspecified atom stereocenters. The molecule has 0 aromatic carbocycles. The molecule has 1 atom stereocenters. The number of rotatable bonds is 6. The van der Waals surface area contributed by atoms with E-state index < -0.39 is 0 Å². The van der Waals surface area contributed by atoms with Crippen LogP contribution in [0.5, 0.6) is 0 Å². The van der Waals surface area contributed by atoms with Crippen molar-refractivity contribution in [3.63, 3.8) is 0 Å². The van der Waals surface area contributed by atoms with Crippen molar-refractivity contribution in [2.45, 2.75) is 41.0 Å². The average molecular weight is 312 g/mol. The molecule has 118 valence electrons. The van der Waals surface area contributed by atoms with Crippen LogP contribution >= 0.6 is 11.6 Å². The van der Waals surface area contributed by atoms with E-state index in [9.17, 15) is 4.79 Å². The first-order valence-corrected chi connectivity index (χ1v) is 7.81. The summed E-state index contributed by atoms with van der Waals surface area (Å²) in [5.41, 5.74) is 0.700. The summed E-state index contributed by atoms with van der Waals surface area (Å²) in [7, 11) is 0. The second-order valence-electron chi connectivity index (χ2n) is 6.47. The van der Waals surface area contributed by atoms with Gasteiger partial charge in [0.25, 0.3) is 5.91 Å². The smallest absolute Gasteiger partial charge is 0.251 e. The second-order valence-corrected chi connectivity index (χ2v) is 6.85. The predicted molar refractivity (Wildman–Crippen MR) is 89.0 cm³/mol. The number of nitrogens with one attached hydrogen (secondary N) is 2. The van der Waals surface area contributed by atoms with E-state index in [2.05, 4.69) is 50.2 Å². The van der Waals surface area contributed by atoms with Gasteiger partial charge in [0.05, 0.1) is 0 Å². The molecule has 0 saturated carbocycles. The van der Waals surface area contributed by atoms with Crippen LogP contribution in [0.2, 0.25) is 5.15 Å². The number of pyridine rings is 1. The highest BCUT2D eigenvalue weighted by Gasteiger charge is 2.20. The molecule has 0 fully saturated rings. The minimum atomic E-state index is -0.116. The molecule has 1 heterocycles. The van der Waals surface area contributed by atoms with Gasteiger partial charge in [-0.25, -0.2) is 4.98 Å². The summed E-state index contributed by atoms with van der Waals surface area (Å²) in [4.78, 5) is 16.4. The van der Waals surface area contributed by atoms with Crippen LogP contribution in [0.3, 0.4) is 0 Å². The Morgan fingerprint density at radius 3 is 2.62 bits per heavy atom. The van der Waals surface area contributed by atoms with Gasteiger partial charge in [0.1, 0.15) is 11.0 Å². The van der Waals surface area contributed by atoms with Gasteiger partial charge >= 0.3 is 0 Å². The van der Waals surface area contributed by atoms with E-state index in [0.717, 1.165) is 13.0 Å². The van der Waals surface area contributed by atoms with Crippen LogP contribution in [0.15, 0.2) is 12.1 Å². The Balaban J connectivity index is 2.71. The van der Waals surface area contributed by atoms with Crippen LogP contribution < -0.4 is 10.6 Å². The highest BCUT2D eigenvalue weighted by Crippen LogP contribution is 2.24. The first-order chi connectivity index (χ1) is 9.74. The van der Waals surface area contributed by atoms with E-state index in [1.165, 1.54) is 0 Å². The Hall–Kier alpha value is -1.29. The van der Waals surface area contributed by atoms with Gasteiger partial charge in [-0.15, -0.1) is 0 Å². The van der Waals surface area contributed by atoms with E-state index in [1.807, 2.05) is 0 Å². The molecule has 0 bridgehead atoms. The zero-order valence-corrected chi connectivity index (χ0v) is 14.3. The normalized spacial score (nSPS) is 12.9. The average Bonchev–Trinajstić information content (AvgIpc) is 2.40. The predicted octanol–water partition coefficient (Wildman–Crippen LogP) is 3.97. The zero-order valence-electron chi connectivity index (χ0n) is 13.6. The summed E-state index contributed by atoms with van der Waals surface area (Å²) in [6.45, 7) is 12.1. The van der Waals surface area contributed by atoms with Crippen LogP contribution in [0.1, 0.15) is 51.4 Å². The third kappa shape index (κ3) is 5.92. The first-order valence-electron chi connectivity index (χ1n) is 7.43. The molecule has 0 aliphatic heterocycles. The van der Waals surface area contributed by atoms with Gasteiger partial charge in [-0.05, 0) is 29.9 Å². The van der Waals surface area contributed by atoms with E-state index in [1.54, 1.807) is 12.1 Å². The Bertz CT molecular complexity index is 483. The molecule has 0 aliphatic rings. The first kappa shape index (κ1) is 17.8. The molecule has 4 nitrogen and oxygen atoms in total. The van der Waals surface area contributed by atoms with Crippen molar-refractivity contribution in [1.82, 2.24) is 10.3 Å². The Morgan fingerprint density at radius 1 is 1.38 bits per heavy atom. The van der Waals surface area contributed by atoms with Crippen LogP contribution in [0.25, 0.3) is 0 Å². The lowest BCUT2D eigenvalue weighted by Gasteiger charge is -2.27. The Labute approximate surface area is 132 Å². The largest absolute Gasteiger partial charge is 0.370 e. The number of carbonyl (C=O) groups excluding carboxylic acids is 1. The number of amides is 1. The maximum atomic E-state index is 12.2. The standard InChI is InChI=1S/C16H26ClN3O/c1-6-7-18-14-9-12(8-13(17)20-14)15(21)19-10-11(2)16(3,4)5/h8-9,11H,6-7,10H2,1-5H3,(H,18,20)(H,19,21). The molecule has 1 amide bonds. The van der Waals surface area contributed by atoms with Crippen molar-refractivity contribution < 1.29 is 4.79 Å². The van der Waals surface area contributed by atoms with Crippen LogP contribution in [-0.4, -0.2) is 24.0 Å². The summed E-state index contributed by atoms with van der Waals surface area (Å²) in [6, 6.07) is 3.33. The molecular formula is C16H26ClN3O. The topological polar surface area (TPSA) is 54.0 Å². The number of hydrogen-bond donors (Lipinski definition) is 2. The summed E-state index contributed by atoms with van der Waals surface area (Å²) in [6.07, 6.45) is 0.985. The van der Waals surface area contributed by atoms with E-state index >= 15 is 0 Å². The number of hydrogen-bond acceptors (Lipinski definition) is 3. The molecule has 0 saturated heterocycles. The van der Waals surface area contributed by atoms with Gasteiger partial charge in [-0.3, -0.25) is 4.79 Å². The minimum Gasteiger partial charge on any atom is -0.370 e. The lowest BCUT2D eigenvalue weighted by atomic mass is 9.82. The number of anilines is 1. The Kier molecular flexibility index (Phi) is 6.46. The van der Waals surface area contributed by atoms with E-state index in [4.69, 9.17) is 11.6 Å². The van der Waals surface area contributed by atoms with Crippen LogP contribution in [0.4, 0.5) is 5.82 Å². The van der Waals surface area contributed by atoms with E-state index in [0.29, 0.717) is 29.0 Å². The van der Waals surface area contributed by atoms with Crippen LogP contribution in [-0.2, 0) is 0 Å². The van der Waals surface area contributed by atoms with Gasteiger partial charge in [0.15, 0.2) is 0 Å². The molecule has 0 spiro atoms. The molecule has 1 aromatic rings. The fourth-order valence-electron chi connectivity index (χ4n) is 1.63. The zero-order chi connectivity index (χ0) is 16.0. The molecular weight excluding hydrogens is 286 g/mol. The van der Waals surface area contributed by atoms with Gasteiger partial charge < -0.3 is 10.6 Å². The maximum absolute atomic E-state index is 12.2. The number of aromatic nitrogens is 1. The summed E-state index contributed by atoms with van der Waals surface area (Å²) in [5.74, 6) is 0.907. The molecule has 21 heavy (non-hydrogen) atoms. The second kappa shape index (κ2) is 7.64. The molecule has 0 aliphatic carbocycles. The molecule has 1 rings (SSSR count). The molecule has 1 aromatic heterocycles. The monoisotopic (exact) mass is 311 g/mol. The van der Waals surface area contributed by atoms with Crippen molar-refractivity contribution in [1.29, 1.82) is 0 Å². The molecule has 2 N–H and O–H groups in total. The Morgan fingerprint density at radius 2 is 2.05 bits per heavy atom. The third-order valence-electron chi connectivity index (χ3n) is 3.66. The highest BCUT2D eigenvalue weighted by molar-refractivity contribution is 6.29. The van der Waals surface area contributed by atoms with Crippen molar-refractivity contribution in [2.75, 3.05) is 18.4 Å².